The van der Waals surface area contributed by atoms with Crippen LogP contribution in [0.3, 0.4) is 0 Å². The largest absolute Gasteiger partial charge is 0.658 e. The van der Waals surface area contributed by atoms with E-state index in [1.54, 1.807) is 26.4 Å². The molecule has 0 atom stereocenters. The van der Waals surface area contributed by atoms with Crippen molar-refractivity contribution in [2.75, 3.05) is 14.2 Å². The van der Waals surface area contributed by atoms with Gasteiger partial charge in [-0.15, -0.1) is 0 Å². The third kappa shape index (κ3) is 6.87. The zero-order chi connectivity index (χ0) is 24.3. The molecule has 0 heterocycles. The quantitative estimate of drug-likeness (QED) is 0.243. The van der Waals surface area contributed by atoms with Crippen LogP contribution < -0.4 is 28.3 Å². The molecule has 4 aromatic rings. The highest BCUT2D eigenvalue weighted by Crippen LogP contribution is 2.25. The number of methoxy groups -OCH3 is 2. The van der Waals surface area contributed by atoms with Crippen molar-refractivity contribution in [1.82, 2.24) is 0 Å². The van der Waals surface area contributed by atoms with E-state index in [-0.39, 0.29) is 0 Å². The molecule has 6 nitrogen and oxygen atoms in total. The molecule has 1 radical (unpaired) electrons. The molecule has 0 aliphatic rings. The van der Waals surface area contributed by atoms with E-state index in [9.17, 15) is 0 Å². The predicted octanol–water partition coefficient (Wildman–Crippen LogP) is 5.85. The fraction of sp³-hybridized carbons (Fsp3) is 0.143. The molecular weight excluding hydrogens is 443 g/mol. The Bertz CT molecular complexity index is 1130. The first-order chi connectivity index (χ1) is 17.2. The molecule has 0 saturated heterocycles. The summed E-state index contributed by atoms with van der Waals surface area (Å²) in [7, 11) is 4.56. The molecule has 177 valence electrons. The second-order valence-electron chi connectivity index (χ2n) is 7.48. The van der Waals surface area contributed by atoms with E-state index < -0.39 is 0 Å². The van der Waals surface area contributed by atoms with Gasteiger partial charge in [0, 0.05) is 23.3 Å². The van der Waals surface area contributed by atoms with Crippen molar-refractivity contribution in [3.05, 3.63) is 108 Å². The van der Waals surface area contributed by atoms with Gasteiger partial charge in [-0.05, 0) is 36.4 Å². The summed E-state index contributed by atoms with van der Waals surface area (Å²) >= 11 is 0. The van der Waals surface area contributed by atoms with Gasteiger partial charge < -0.3 is 28.3 Å². The SMILES string of the molecule is COc1ccccc1COc1cccc(O[B]Oc2cccc(OCc3ccccc3OC)c2)c1. The molecule has 0 aliphatic heterocycles. The van der Waals surface area contributed by atoms with Crippen molar-refractivity contribution in [1.29, 1.82) is 0 Å². The lowest BCUT2D eigenvalue weighted by Gasteiger charge is -2.12. The molecule has 0 N–H and O–H groups in total. The van der Waals surface area contributed by atoms with Crippen LogP contribution >= 0.6 is 0 Å². The Morgan fingerprint density at radius 1 is 0.514 bits per heavy atom. The van der Waals surface area contributed by atoms with E-state index in [1.807, 2.05) is 84.9 Å². The second kappa shape index (κ2) is 12.3. The van der Waals surface area contributed by atoms with Gasteiger partial charge in [-0.3, -0.25) is 0 Å². The molecule has 0 unspecified atom stereocenters. The Balaban J connectivity index is 1.27. The Labute approximate surface area is 206 Å². The summed E-state index contributed by atoms with van der Waals surface area (Å²) in [6, 6.07) is 30.2. The van der Waals surface area contributed by atoms with E-state index in [0.717, 1.165) is 22.6 Å². The van der Waals surface area contributed by atoms with E-state index in [2.05, 4.69) is 0 Å². The smallest absolute Gasteiger partial charge is 0.526 e. The normalized spacial score (nSPS) is 10.2. The zero-order valence-corrected chi connectivity index (χ0v) is 19.7. The van der Waals surface area contributed by atoms with Crippen molar-refractivity contribution >= 4 is 7.69 Å². The molecule has 0 aromatic heterocycles. The summed E-state index contributed by atoms with van der Waals surface area (Å²) in [5.41, 5.74) is 1.92. The molecule has 0 amide bonds. The van der Waals surface area contributed by atoms with E-state index in [0.29, 0.717) is 36.2 Å². The molecule has 0 bridgehead atoms. The minimum absolute atomic E-state index is 0.384. The van der Waals surface area contributed by atoms with E-state index in [1.165, 1.54) is 7.69 Å². The highest BCUT2D eigenvalue weighted by Gasteiger charge is 2.07. The second-order valence-corrected chi connectivity index (χ2v) is 7.48. The fourth-order valence-electron chi connectivity index (χ4n) is 3.38. The monoisotopic (exact) mass is 469 g/mol. The molecule has 0 saturated carbocycles. The van der Waals surface area contributed by atoms with E-state index in [4.69, 9.17) is 28.3 Å². The summed E-state index contributed by atoms with van der Waals surface area (Å²) < 4.78 is 33.8. The van der Waals surface area contributed by atoms with Crippen LogP contribution in [0.2, 0.25) is 0 Å². The van der Waals surface area contributed by atoms with Gasteiger partial charge in [-0.1, -0.05) is 48.5 Å². The molecule has 0 aliphatic carbocycles. The van der Waals surface area contributed by atoms with Crippen LogP contribution in [0, 0.1) is 0 Å². The maximum Gasteiger partial charge on any atom is 0.658 e. The molecule has 35 heavy (non-hydrogen) atoms. The summed E-state index contributed by atoms with van der Waals surface area (Å²) in [4.78, 5) is 0. The topological polar surface area (TPSA) is 55.4 Å². The van der Waals surface area contributed by atoms with Gasteiger partial charge in [0.05, 0.1) is 14.2 Å². The van der Waals surface area contributed by atoms with Gasteiger partial charge in [-0.2, -0.15) is 0 Å². The summed E-state index contributed by atoms with van der Waals surface area (Å²) in [5, 5.41) is 0. The Morgan fingerprint density at radius 2 is 0.943 bits per heavy atom. The molecule has 0 fully saturated rings. The van der Waals surface area contributed by atoms with E-state index >= 15 is 0 Å². The molecule has 0 spiro atoms. The number of rotatable bonds is 12. The summed E-state index contributed by atoms with van der Waals surface area (Å²) in [5.74, 6) is 4.10. The molecular formula is C28H26BO6. The first-order valence-electron chi connectivity index (χ1n) is 11.1. The third-order valence-corrected chi connectivity index (χ3v) is 5.15. The van der Waals surface area contributed by atoms with Crippen LogP contribution in [0.1, 0.15) is 11.1 Å². The zero-order valence-electron chi connectivity index (χ0n) is 19.7. The predicted molar refractivity (Wildman–Crippen MR) is 135 cm³/mol. The highest BCUT2D eigenvalue weighted by molar-refractivity contribution is 6.20. The Hall–Kier alpha value is -4.26. The molecule has 4 aromatic carbocycles. The lowest BCUT2D eigenvalue weighted by atomic mass is 10.2. The van der Waals surface area contributed by atoms with Gasteiger partial charge in [0.2, 0.25) is 0 Å². The van der Waals surface area contributed by atoms with Gasteiger partial charge in [0.15, 0.2) is 0 Å². The Kier molecular flexibility index (Phi) is 8.38. The van der Waals surface area contributed by atoms with Crippen LogP contribution in [-0.2, 0) is 13.2 Å². The first kappa shape index (κ1) is 23.9. The van der Waals surface area contributed by atoms with Gasteiger partial charge in [0.25, 0.3) is 0 Å². The average Bonchev–Trinajstić information content (AvgIpc) is 2.91. The maximum absolute atomic E-state index is 5.90. The number of para-hydroxylation sites is 2. The lowest BCUT2D eigenvalue weighted by molar-refractivity contribution is 0.295. The van der Waals surface area contributed by atoms with Crippen molar-refractivity contribution in [2.45, 2.75) is 13.2 Å². The maximum atomic E-state index is 5.90. The summed E-state index contributed by atoms with van der Waals surface area (Å²) in [6.07, 6.45) is 0. The average molecular weight is 469 g/mol. The van der Waals surface area contributed by atoms with Crippen LogP contribution in [-0.4, -0.2) is 21.9 Å². The van der Waals surface area contributed by atoms with Crippen molar-refractivity contribution < 1.29 is 28.3 Å². The van der Waals surface area contributed by atoms with Crippen molar-refractivity contribution in [3.8, 4) is 34.5 Å². The standard InChI is InChI=1S/C28H26BO6/c1-30-27-15-5-3-9-21(27)19-32-23-11-7-13-25(17-23)34-29-35-26-14-8-12-24(18-26)33-20-22-10-4-6-16-28(22)31-2/h3-18H,19-20H2,1-2H3. The van der Waals surface area contributed by atoms with Crippen LogP contribution in [0.15, 0.2) is 97.1 Å². The van der Waals surface area contributed by atoms with Gasteiger partial charge in [0.1, 0.15) is 47.7 Å². The van der Waals surface area contributed by atoms with Crippen molar-refractivity contribution in [2.24, 2.45) is 0 Å². The first-order valence-corrected chi connectivity index (χ1v) is 11.1. The van der Waals surface area contributed by atoms with Crippen LogP contribution in [0.25, 0.3) is 0 Å². The molecule has 7 heteroatoms. The van der Waals surface area contributed by atoms with Gasteiger partial charge in [-0.25, -0.2) is 0 Å². The van der Waals surface area contributed by atoms with Crippen LogP contribution in [0.5, 0.6) is 34.5 Å². The minimum atomic E-state index is 0.384. The summed E-state index contributed by atoms with van der Waals surface area (Å²) in [6.45, 7) is 0.769. The third-order valence-electron chi connectivity index (χ3n) is 5.15. The minimum Gasteiger partial charge on any atom is -0.526 e. The van der Waals surface area contributed by atoms with Crippen LogP contribution in [0.4, 0.5) is 0 Å². The molecule has 4 rings (SSSR count). The number of hydrogen-bond acceptors (Lipinski definition) is 6. The van der Waals surface area contributed by atoms with Gasteiger partial charge >= 0.3 is 7.69 Å². The van der Waals surface area contributed by atoms with Crippen molar-refractivity contribution in [3.63, 3.8) is 0 Å². The highest BCUT2D eigenvalue weighted by atomic mass is 16.6. The number of benzene rings is 4. The lowest BCUT2D eigenvalue weighted by Crippen LogP contribution is -2.11. The Morgan fingerprint density at radius 3 is 1.40 bits per heavy atom. The number of ether oxygens (including phenoxy) is 4. The number of hydrogen-bond donors (Lipinski definition) is 0. The fourth-order valence-corrected chi connectivity index (χ4v) is 3.38.